The Labute approximate surface area is 95.8 Å². The predicted molar refractivity (Wildman–Crippen MR) is 61.4 cm³/mol. The Balaban J connectivity index is 3.88. The number of oxime groups is 1. The van der Waals surface area contributed by atoms with Gasteiger partial charge in [0.1, 0.15) is 5.84 Å². The van der Waals surface area contributed by atoms with Gasteiger partial charge in [0.05, 0.1) is 0 Å². The first kappa shape index (κ1) is 14.7. The number of methoxy groups -OCH3 is 1. The second-order valence-corrected chi connectivity index (χ2v) is 3.56. The molecule has 0 aromatic heterocycles. The molecule has 94 valence electrons. The normalized spacial score (nSPS) is 13.5. The van der Waals surface area contributed by atoms with Crippen molar-refractivity contribution in [3.8, 4) is 0 Å². The van der Waals surface area contributed by atoms with Gasteiger partial charge in [0.2, 0.25) is 5.91 Å². The molecule has 0 fully saturated rings. The molecule has 1 atom stereocenters. The van der Waals surface area contributed by atoms with Gasteiger partial charge in [-0.1, -0.05) is 12.1 Å². The monoisotopic (exact) mass is 231 g/mol. The standard InChI is InChI=1S/C10H21N3O3/c1-3-8(7-9(11)13-15)12-10(14)5-4-6-16-2/h8,15H,3-7H2,1-2H3,(H2,11,13)(H,12,14). The Morgan fingerprint density at radius 1 is 1.62 bits per heavy atom. The van der Waals surface area contributed by atoms with Gasteiger partial charge in [-0.25, -0.2) is 0 Å². The highest BCUT2D eigenvalue weighted by Crippen LogP contribution is 1.99. The first-order valence-corrected chi connectivity index (χ1v) is 5.38. The lowest BCUT2D eigenvalue weighted by Gasteiger charge is -2.15. The molecular formula is C10H21N3O3. The maximum Gasteiger partial charge on any atom is 0.220 e. The maximum atomic E-state index is 11.4. The van der Waals surface area contributed by atoms with Crippen LogP contribution in [0.15, 0.2) is 5.16 Å². The summed E-state index contributed by atoms with van der Waals surface area (Å²) in [5.41, 5.74) is 5.38. The molecule has 6 heteroatoms. The highest BCUT2D eigenvalue weighted by atomic mass is 16.5. The molecule has 0 saturated carbocycles. The molecule has 0 aromatic rings. The van der Waals surface area contributed by atoms with E-state index in [4.69, 9.17) is 15.7 Å². The van der Waals surface area contributed by atoms with Crippen LogP contribution in [0.4, 0.5) is 0 Å². The fourth-order valence-electron chi connectivity index (χ4n) is 1.27. The molecule has 0 radical (unpaired) electrons. The quantitative estimate of drug-likeness (QED) is 0.186. The minimum absolute atomic E-state index is 0.0327. The van der Waals surface area contributed by atoms with Crippen molar-refractivity contribution in [1.82, 2.24) is 5.32 Å². The largest absolute Gasteiger partial charge is 0.409 e. The first-order chi connectivity index (χ1) is 7.63. The summed E-state index contributed by atoms with van der Waals surface area (Å²) in [6.45, 7) is 2.51. The molecule has 0 spiro atoms. The van der Waals surface area contributed by atoms with E-state index in [1.54, 1.807) is 7.11 Å². The zero-order valence-electron chi connectivity index (χ0n) is 9.90. The fourth-order valence-corrected chi connectivity index (χ4v) is 1.27. The number of nitrogens with zero attached hydrogens (tertiary/aromatic N) is 1. The summed E-state index contributed by atoms with van der Waals surface area (Å²) in [5, 5.41) is 14.1. The van der Waals surface area contributed by atoms with Crippen LogP contribution in [-0.2, 0) is 9.53 Å². The van der Waals surface area contributed by atoms with E-state index in [1.807, 2.05) is 6.92 Å². The van der Waals surface area contributed by atoms with E-state index >= 15 is 0 Å². The Bertz CT molecular complexity index is 231. The molecule has 0 aliphatic rings. The summed E-state index contributed by atoms with van der Waals surface area (Å²) < 4.78 is 4.85. The number of amidine groups is 1. The van der Waals surface area contributed by atoms with Crippen molar-refractivity contribution in [2.75, 3.05) is 13.7 Å². The third-order valence-corrected chi connectivity index (χ3v) is 2.19. The van der Waals surface area contributed by atoms with Crippen LogP contribution in [-0.4, -0.2) is 36.7 Å². The number of hydrogen-bond acceptors (Lipinski definition) is 4. The summed E-state index contributed by atoms with van der Waals surface area (Å²) in [6.07, 6.45) is 2.23. The van der Waals surface area contributed by atoms with Gasteiger partial charge in [-0.3, -0.25) is 4.79 Å². The van der Waals surface area contributed by atoms with Crippen LogP contribution in [0, 0.1) is 0 Å². The minimum atomic E-state index is -0.0778. The second-order valence-electron chi connectivity index (χ2n) is 3.56. The van der Waals surface area contributed by atoms with Crippen LogP contribution in [0.1, 0.15) is 32.6 Å². The average Bonchev–Trinajstić information content (AvgIpc) is 2.28. The number of amides is 1. The Kier molecular flexibility index (Phi) is 8.24. The summed E-state index contributed by atoms with van der Waals surface area (Å²) >= 11 is 0. The molecular weight excluding hydrogens is 210 g/mol. The van der Waals surface area contributed by atoms with Gasteiger partial charge >= 0.3 is 0 Å². The highest BCUT2D eigenvalue weighted by Gasteiger charge is 2.11. The van der Waals surface area contributed by atoms with Crippen molar-refractivity contribution in [1.29, 1.82) is 0 Å². The Hall–Kier alpha value is -1.30. The third kappa shape index (κ3) is 7.05. The van der Waals surface area contributed by atoms with Gasteiger partial charge < -0.3 is 21.0 Å². The van der Waals surface area contributed by atoms with Crippen molar-refractivity contribution in [2.24, 2.45) is 10.9 Å². The zero-order chi connectivity index (χ0) is 12.4. The van der Waals surface area contributed by atoms with Gasteiger partial charge in [-0.15, -0.1) is 0 Å². The van der Waals surface area contributed by atoms with Crippen LogP contribution in [0.5, 0.6) is 0 Å². The van der Waals surface area contributed by atoms with Crippen molar-refractivity contribution < 1.29 is 14.7 Å². The molecule has 0 aromatic carbocycles. The second kappa shape index (κ2) is 8.96. The van der Waals surface area contributed by atoms with E-state index in [2.05, 4.69) is 10.5 Å². The smallest absolute Gasteiger partial charge is 0.220 e. The van der Waals surface area contributed by atoms with Crippen LogP contribution in [0.3, 0.4) is 0 Å². The minimum Gasteiger partial charge on any atom is -0.409 e. The van der Waals surface area contributed by atoms with Gasteiger partial charge in [-0.2, -0.15) is 0 Å². The van der Waals surface area contributed by atoms with Crippen molar-refractivity contribution in [3.05, 3.63) is 0 Å². The molecule has 0 rings (SSSR count). The van der Waals surface area contributed by atoms with Crippen molar-refractivity contribution >= 4 is 11.7 Å². The zero-order valence-corrected chi connectivity index (χ0v) is 9.90. The first-order valence-electron chi connectivity index (χ1n) is 5.38. The molecule has 1 amide bonds. The molecule has 0 aliphatic carbocycles. The van der Waals surface area contributed by atoms with Crippen LogP contribution >= 0.6 is 0 Å². The average molecular weight is 231 g/mol. The number of hydrogen-bond donors (Lipinski definition) is 3. The number of ether oxygens (including phenoxy) is 1. The third-order valence-electron chi connectivity index (χ3n) is 2.19. The lowest BCUT2D eigenvalue weighted by molar-refractivity contribution is -0.122. The van der Waals surface area contributed by atoms with Crippen LogP contribution in [0.25, 0.3) is 0 Å². The predicted octanol–water partition coefficient (Wildman–Crippen LogP) is 0.444. The van der Waals surface area contributed by atoms with Gasteiger partial charge in [0.25, 0.3) is 0 Å². The Morgan fingerprint density at radius 2 is 2.31 bits per heavy atom. The van der Waals surface area contributed by atoms with E-state index in [0.29, 0.717) is 25.9 Å². The van der Waals surface area contributed by atoms with E-state index < -0.39 is 0 Å². The molecule has 0 aliphatic heterocycles. The number of nitrogens with one attached hydrogen (secondary N) is 1. The Morgan fingerprint density at radius 3 is 2.81 bits per heavy atom. The van der Waals surface area contributed by atoms with E-state index in [0.717, 1.165) is 6.42 Å². The molecule has 6 nitrogen and oxygen atoms in total. The molecule has 1 unspecified atom stereocenters. The molecule has 0 heterocycles. The molecule has 0 bridgehead atoms. The van der Waals surface area contributed by atoms with E-state index in [1.165, 1.54) is 0 Å². The van der Waals surface area contributed by atoms with Crippen LogP contribution in [0.2, 0.25) is 0 Å². The number of rotatable bonds is 8. The molecule has 16 heavy (non-hydrogen) atoms. The lowest BCUT2D eigenvalue weighted by Crippen LogP contribution is -2.37. The summed E-state index contributed by atoms with van der Waals surface area (Å²) in [5.74, 6) is 0.0960. The maximum absolute atomic E-state index is 11.4. The van der Waals surface area contributed by atoms with Gasteiger partial charge in [-0.05, 0) is 12.8 Å². The molecule has 0 saturated heterocycles. The topological polar surface area (TPSA) is 96.9 Å². The number of nitrogens with two attached hydrogens (primary N) is 1. The summed E-state index contributed by atoms with van der Waals surface area (Å²) in [6, 6.07) is -0.0778. The molecule has 4 N–H and O–H groups in total. The number of carbonyl (C=O) groups excluding carboxylic acids is 1. The van der Waals surface area contributed by atoms with E-state index in [-0.39, 0.29) is 17.8 Å². The number of carbonyl (C=O) groups is 1. The SMILES string of the molecule is CCC(CC(N)=NO)NC(=O)CCCOC. The van der Waals surface area contributed by atoms with Gasteiger partial charge in [0.15, 0.2) is 0 Å². The summed E-state index contributed by atoms with van der Waals surface area (Å²) in [7, 11) is 1.60. The van der Waals surface area contributed by atoms with Gasteiger partial charge in [0, 0.05) is 32.6 Å². The highest BCUT2D eigenvalue weighted by molar-refractivity contribution is 5.81. The lowest BCUT2D eigenvalue weighted by atomic mass is 10.1. The van der Waals surface area contributed by atoms with Crippen molar-refractivity contribution in [2.45, 2.75) is 38.6 Å². The van der Waals surface area contributed by atoms with Crippen LogP contribution < -0.4 is 11.1 Å². The van der Waals surface area contributed by atoms with E-state index in [9.17, 15) is 4.79 Å². The summed E-state index contributed by atoms with van der Waals surface area (Å²) in [4.78, 5) is 11.4. The van der Waals surface area contributed by atoms with Crippen molar-refractivity contribution in [3.63, 3.8) is 0 Å². The fraction of sp³-hybridized carbons (Fsp3) is 0.800.